The van der Waals surface area contributed by atoms with E-state index in [-0.39, 0.29) is 0 Å². The first kappa shape index (κ1) is 14.8. The van der Waals surface area contributed by atoms with E-state index in [2.05, 4.69) is 18.1 Å². The predicted molar refractivity (Wildman–Crippen MR) is 84.3 cm³/mol. The van der Waals surface area contributed by atoms with Crippen LogP contribution in [-0.2, 0) is 12.8 Å². The number of rotatable bonds is 8. The molecule has 1 aliphatic rings. The zero-order chi connectivity index (χ0) is 13.5. The normalized spacial score (nSPS) is 16.1. The van der Waals surface area contributed by atoms with Crippen LogP contribution in [0.5, 0.6) is 0 Å². The molecule has 0 bridgehead atoms. The molecule has 0 aliphatic heterocycles. The van der Waals surface area contributed by atoms with Gasteiger partial charge in [-0.25, -0.2) is 0 Å². The van der Waals surface area contributed by atoms with Gasteiger partial charge in [-0.15, -0.1) is 17.9 Å². The molecule has 1 aromatic rings. The molecule has 2 nitrogen and oxygen atoms in total. The summed E-state index contributed by atoms with van der Waals surface area (Å²) in [6.45, 7) is 3.76. The maximum atomic E-state index is 5.74. The van der Waals surface area contributed by atoms with Gasteiger partial charge in [-0.1, -0.05) is 18.9 Å². The van der Waals surface area contributed by atoms with Gasteiger partial charge in [0.25, 0.3) is 0 Å². The van der Waals surface area contributed by atoms with Crippen molar-refractivity contribution in [1.29, 1.82) is 0 Å². The van der Waals surface area contributed by atoms with Gasteiger partial charge in [0, 0.05) is 9.75 Å². The Kier molecular flexibility index (Phi) is 6.08. The third-order valence-electron chi connectivity index (χ3n) is 3.96. The molecule has 1 aliphatic carbocycles. The molecule has 106 valence electrons. The Balaban J connectivity index is 1.86. The van der Waals surface area contributed by atoms with E-state index in [1.807, 2.05) is 17.4 Å². The third-order valence-corrected chi connectivity index (χ3v) is 5.31. The fourth-order valence-corrected chi connectivity index (χ4v) is 4.16. The topological polar surface area (TPSA) is 38.0 Å². The molecule has 19 heavy (non-hydrogen) atoms. The molecule has 0 fully saturated rings. The second-order valence-corrected chi connectivity index (χ2v) is 6.62. The van der Waals surface area contributed by atoms with Crippen molar-refractivity contribution in [2.24, 2.45) is 5.84 Å². The zero-order valence-electron chi connectivity index (χ0n) is 11.8. The Morgan fingerprint density at radius 3 is 2.89 bits per heavy atom. The number of thiophene rings is 1. The number of unbranched alkanes of at least 4 members (excludes halogenated alkanes) is 3. The highest BCUT2D eigenvalue weighted by Gasteiger charge is 2.18. The van der Waals surface area contributed by atoms with Crippen molar-refractivity contribution >= 4 is 11.3 Å². The number of allylic oxidation sites excluding steroid dienone is 1. The van der Waals surface area contributed by atoms with Crippen LogP contribution in [-0.4, -0.2) is 0 Å². The quantitative estimate of drug-likeness (QED) is 0.322. The lowest BCUT2D eigenvalue weighted by Gasteiger charge is -2.13. The predicted octanol–water partition coefficient (Wildman–Crippen LogP) is 4.27. The number of nitrogens with two attached hydrogens (primary N) is 1. The fraction of sp³-hybridized carbons (Fsp3) is 0.625. The molecule has 1 atom stereocenters. The van der Waals surface area contributed by atoms with Gasteiger partial charge in [0.2, 0.25) is 0 Å². The molecule has 0 amide bonds. The molecule has 0 aromatic carbocycles. The summed E-state index contributed by atoms with van der Waals surface area (Å²) in [6.07, 6.45) is 13.3. The maximum Gasteiger partial charge on any atom is 0.0553 e. The van der Waals surface area contributed by atoms with Gasteiger partial charge in [0.1, 0.15) is 0 Å². The monoisotopic (exact) mass is 278 g/mol. The number of hydrogen-bond donors (Lipinski definition) is 2. The first-order valence-corrected chi connectivity index (χ1v) is 8.35. The lowest BCUT2D eigenvalue weighted by Crippen LogP contribution is -2.27. The van der Waals surface area contributed by atoms with Crippen LogP contribution in [0.2, 0.25) is 0 Å². The average molecular weight is 278 g/mol. The maximum absolute atomic E-state index is 5.74. The minimum absolute atomic E-state index is 0.347. The molecule has 1 unspecified atom stereocenters. The molecule has 1 heterocycles. The summed E-state index contributed by atoms with van der Waals surface area (Å²) in [5, 5.41) is 0. The van der Waals surface area contributed by atoms with E-state index in [9.17, 15) is 0 Å². The summed E-state index contributed by atoms with van der Waals surface area (Å²) in [5.41, 5.74) is 4.59. The van der Waals surface area contributed by atoms with E-state index in [4.69, 9.17) is 5.84 Å². The molecule has 0 saturated heterocycles. The van der Waals surface area contributed by atoms with E-state index in [1.54, 1.807) is 10.4 Å². The average Bonchev–Trinajstić information content (AvgIpc) is 2.86. The van der Waals surface area contributed by atoms with Crippen LogP contribution in [0.25, 0.3) is 0 Å². The van der Waals surface area contributed by atoms with Crippen LogP contribution in [0.4, 0.5) is 0 Å². The first-order valence-electron chi connectivity index (χ1n) is 7.53. The van der Waals surface area contributed by atoms with Crippen LogP contribution >= 0.6 is 11.3 Å². The van der Waals surface area contributed by atoms with Crippen molar-refractivity contribution in [2.45, 2.75) is 63.8 Å². The van der Waals surface area contributed by atoms with Gasteiger partial charge in [-0.3, -0.25) is 11.3 Å². The Hall–Kier alpha value is -0.640. The lowest BCUT2D eigenvalue weighted by molar-refractivity contribution is 0.490. The molecular weight excluding hydrogens is 252 g/mol. The smallest absolute Gasteiger partial charge is 0.0553 e. The zero-order valence-corrected chi connectivity index (χ0v) is 12.6. The molecule has 1 aromatic heterocycles. The second kappa shape index (κ2) is 7.83. The number of hydrogen-bond acceptors (Lipinski definition) is 3. The van der Waals surface area contributed by atoms with Crippen molar-refractivity contribution in [2.75, 3.05) is 0 Å². The van der Waals surface area contributed by atoms with E-state index in [0.29, 0.717) is 6.04 Å². The number of fused-ring (bicyclic) bond motifs is 1. The van der Waals surface area contributed by atoms with Crippen LogP contribution < -0.4 is 11.3 Å². The Labute approximate surface area is 121 Å². The molecule has 0 radical (unpaired) electrons. The van der Waals surface area contributed by atoms with E-state index in [1.165, 1.54) is 49.8 Å². The fourth-order valence-electron chi connectivity index (χ4n) is 2.81. The molecule has 3 N–H and O–H groups in total. The van der Waals surface area contributed by atoms with Crippen LogP contribution in [0, 0.1) is 0 Å². The highest BCUT2D eigenvalue weighted by molar-refractivity contribution is 7.12. The second-order valence-electron chi connectivity index (χ2n) is 5.45. The summed E-state index contributed by atoms with van der Waals surface area (Å²) < 4.78 is 0. The highest BCUT2D eigenvalue weighted by atomic mass is 32.1. The number of hydrazine groups is 1. The van der Waals surface area contributed by atoms with Crippen molar-refractivity contribution in [1.82, 2.24) is 5.43 Å². The minimum Gasteiger partial charge on any atom is -0.271 e. The summed E-state index contributed by atoms with van der Waals surface area (Å²) in [4.78, 5) is 3.05. The molecule has 2 rings (SSSR count). The molecule has 0 saturated carbocycles. The SMILES string of the molecule is C=CCCCCCC(NN)c1cc2c(s1)CCCC2. The van der Waals surface area contributed by atoms with Gasteiger partial charge < -0.3 is 0 Å². The first-order chi connectivity index (χ1) is 9.35. The van der Waals surface area contributed by atoms with E-state index < -0.39 is 0 Å². The van der Waals surface area contributed by atoms with Gasteiger partial charge in [0.15, 0.2) is 0 Å². The Bertz CT molecular complexity index is 374. The largest absolute Gasteiger partial charge is 0.271 e. The summed E-state index contributed by atoms with van der Waals surface area (Å²) in [5.74, 6) is 5.74. The lowest BCUT2D eigenvalue weighted by atomic mass is 9.98. The summed E-state index contributed by atoms with van der Waals surface area (Å²) in [7, 11) is 0. The van der Waals surface area contributed by atoms with Gasteiger partial charge in [0.05, 0.1) is 6.04 Å². The standard InChI is InChI=1S/C16H26N2S/c1-2-3-4-5-6-10-14(18-17)16-12-13-9-7-8-11-15(13)19-16/h2,12,14,18H,1,3-11,17H2. The van der Waals surface area contributed by atoms with Crippen molar-refractivity contribution in [3.63, 3.8) is 0 Å². The van der Waals surface area contributed by atoms with Crippen molar-refractivity contribution < 1.29 is 0 Å². The molecular formula is C16H26N2S. The van der Waals surface area contributed by atoms with Crippen LogP contribution in [0.1, 0.15) is 66.3 Å². The van der Waals surface area contributed by atoms with Crippen molar-refractivity contribution in [3.05, 3.63) is 34.0 Å². The summed E-state index contributed by atoms with van der Waals surface area (Å²) in [6, 6.07) is 2.74. The number of aryl methyl sites for hydroxylation is 2. The van der Waals surface area contributed by atoms with E-state index in [0.717, 1.165) is 12.8 Å². The minimum atomic E-state index is 0.347. The molecule has 0 spiro atoms. The Morgan fingerprint density at radius 1 is 1.32 bits per heavy atom. The highest BCUT2D eigenvalue weighted by Crippen LogP contribution is 2.34. The van der Waals surface area contributed by atoms with Crippen LogP contribution in [0.3, 0.4) is 0 Å². The van der Waals surface area contributed by atoms with Gasteiger partial charge in [-0.05, 0) is 56.6 Å². The third kappa shape index (κ3) is 4.16. The van der Waals surface area contributed by atoms with Gasteiger partial charge in [-0.2, -0.15) is 0 Å². The molecule has 3 heteroatoms. The van der Waals surface area contributed by atoms with Crippen molar-refractivity contribution in [3.8, 4) is 0 Å². The Morgan fingerprint density at radius 2 is 2.16 bits per heavy atom. The number of nitrogens with one attached hydrogen (secondary N) is 1. The van der Waals surface area contributed by atoms with Gasteiger partial charge >= 0.3 is 0 Å². The van der Waals surface area contributed by atoms with Crippen LogP contribution in [0.15, 0.2) is 18.7 Å². The van der Waals surface area contributed by atoms with E-state index >= 15 is 0 Å². The summed E-state index contributed by atoms with van der Waals surface area (Å²) >= 11 is 1.98.